The van der Waals surface area contributed by atoms with Crippen LogP contribution in [-0.2, 0) is 19.6 Å². The highest BCUT2D eigenvalue weighted by atomic mass is 32.2. The fourth-order valence-electron chi connectivity index (χ4n) is 6.13. The van der Waals surface area contributed by atoms with Crippen molar-refractivity contribution in [2.24, 2.45) is 5.92 Å². The summed E-state index contributed by atoms with van der Waals surface area (Å²) in [6.07, 6.45) is 7.16. The van der Waals surface area contributed by atoms with Crippen LogP contribution in [0.25, 0.3) is 0 Å². The molecule has 0 radical (unpaired) electrons. The molecule has 5 rings (SSSR count). The molecule has 36 heavy (non-hydrogen) atoms. The number of benzene rings is 1. The van der Waals surface area contributed by atoms with Crippen molar-refractivity contribution in [2.75, 3.05) is 44.6 Å². The summed E-state index contributed by atoms with van der Waals surface area (Å²) >= 11 is 0. The molecule has 0 bridgehead atoms. The van der Waals surface area contributed by atoms with Crippen molar-refractivity contribution in [1.29, 1.82) is 0 Å². The van der Waals surface area contributed by atoms with Crippen molar-refractivity contribution in [2.45, 2.75) is 75.8 Å². The third-order valence-corrected chi connectivity index (χ3v) is 10.3. The van der Waals surface area contributed by atoms with Crippen molar-refractivity contribution in [1.82, 2.24) is 14.1 Å². The number of ether oxygens (including phenoxy) is 1. The monoisotopic (exact) mass is 518 g/mol. The largest absolute Gasteiger partial charge is 0.479 e. The highest BCUT2D eigenvalue weighted by molar-refractivity contribution is 7.89. The van der Waals surface area contributed by atoms with Crippen LogP contribution in [0.1, 0.15) is 57.4 Å². The zero-order valence-corrected chi connectivity index (χ0v) is 22.2. The number of piperidine rings is 1. The molecule has 1 aromatic carbocycles. The van der Waals surface area contributed by atoms with Gasteiger partial charge in [-0.2, -0.15) is 4.31 Å². The number of nitrogens with one attached hydrogen (secondary N) is 1. The summed E-state index contributed by atoms with van der Waals surface area (Å²) in [6, 6.07) is 3.81. The molecule has 1 aliphatic carbocycles. The Morgan fingerprint density at radius 1 is 1.00 bits per heavy atom. The number of carbonyl (C=O) groups excluding carboxylic acids is 2. The van der Waals surface area contributed by atoms with Crippen LogP contribution in [0.3, 0.4) is 0 Å². The van der Waals surface area contributed by atoms with E-state index in [-0.39, 0.29) is 29.2 Å². The highest BCUT2D eigenvalue weighted by Gasteiger charge is 2.38. The lowest BCUT2D eigenvalue weighted by Gasteiger charge is -2.42. The van der Waals surface area contributed by atoms with Crippen LogP contribution < -0.4 is 10.1 Å². The minimum absolute atomic E-state index is 0.0835. The van der Waals surface area contributed by atoms with E-state index in [2.05, 4.69) is 10.2 Å². The lowest BCUT2D eigenvalue weighted by molar-refractivity contribution is -0.139. The third-order valence-electron chi connectivity index (χ3n) is 8.28. The summed E-state index contributed by atoms with van der Waals surface area (Å²) in [5.41, 5.74) is 1.02. The van der Waals surface area contributed by atoms with Gasteiger partial charge in [0.1, 0.15) is 5.75 Å². The van der Waals surface area contributed by atoms with Crippen molar-refractivity contribution >= 4 is 27.5 Å². The van der Waals surface area contributed by atoms with Gasteiger partial charge in [-0.25, -0.2) is 8.42 Å². The molecule has 3 aliphatic heterocycles. The van der Waals surface area contributed by atoms with Gasteiger partial charge in [-0.05, 0) is 51.2 Å². The van der Waals surface area contributed by atoms with E-state index >= 15 is 0 Å². The molecule has 9 nitrogen and oxygen atoms in total. The van der Waals surface area contributed by atoms with E-state index in [0.29, 0.717) is 42.4 Å². The molecule has 3 fully saturated rings. The number of aryl methyl sites for hydroxylation is 1. The van der Waals surface area contributed by atoms with Gasteiger partial charge in [0.15, 0.2) is 6.10 Å². The normalized spacial score (nSPS) is 26.7. The maximum absolute atomic E-state index is 13.7. The fourth-order valence-corrected chi connectivity index (χ4v) is 7.88. The summed E-state index contributed by atoms with van der Waals surface area (Å²) in [4.78, 5) is 30.0. The van der Waals surface area contributed by atoms with Crippen LogP contribution in [0.4, 0.5) is 5.69 Å². The maximum Gasteiger partial charge on any atom is 0.265 e. The Morgan fingerprint density at radius 2 is 1.72 bits per heavy atom. The van der Waals surface area contributed by atoms with E-state index in [1.54, 1.807) is 19.9 Å². The minimum Gasteiger partial charge on any atom is -0.479 e. The van der Waals surface area contributed by atoms with Crippen LogP contribution in [0.15, 0.2) is 17.0 Å². The second kappa shape index (κ2) is 10.3. The molecule has 0 aromatic heterocycles. The van der Waals surface area contributed by atoms with E-state index in [9.17, 15) is 18.0 Å². The van der Waals surface area contributed by atoms with Gasteiger partial charge < -0.3 is 15.0 Å². The number of nitrogens with zero attached hydrogens (tertiary/aromatic N) is 3. The number of hydrogen-bond donors (Lipinski definition) is 1. The zero-order valence-electron chi connectivity index (χ0n) is 21.4. The Morgan fingerprint density at radius 3 is 2.44 bits per heavy atom. The second-order valence-corrected chi connectivity index (χ2v) is 12.6. The van der Waals surface area contributed by atoms with Crippen LogP contribution in [0.2, 0.25) is 0 Å². The molecule has 198 valence electrons. The van der Waals surface area contributed by atoms with Gasteiger partial charge in [-0.15, -0.1) is 0 Å². The predicted molar refractivity (Wildman–Crippen MR) is 136 cm³/mol. The molecule has 1 saturated carbocycles. The van der Waals surface area contributed by atoms with Gasteiger partial charge in [0.2, 0.25) is 15.9 Å². The first kappa shape index (κ1) is 25.5. The summed E-state index contributed by atoms with van der Waals surface area (Å²) in [7, 11) is -3.82. The topological polar surface area (TPSA) is 99.3 Å². The summed E-state index contributed by atoms with van der Waals surface area (Å²) in [5, 5.41) is 2.76. The van der Waals surface area contributed by atoms with E-state index in [4.69, 9.17) is 4.74 Å². The van der Waals surface area contributed by atoms with Crippen LogP contribution >= 0.6 is 0 Å². The number of sulfonamides is 1. The summed E-state index contributed by atoms with van der Waals surface area (Å²) in [5.74, 6) is -0.135. The number of carbonyl (C=O) groups is 2. The summed E-state index contributed by atoms with van der Waals surface area (Å²) in [6.45, 7) is 7.22. The van der Waals surface area contributed by atoms with Crippen LogP contribution in [-0.4, -0.2) is 85.8 Å². The fraction of sp³-hybridized carbons (Fsp3) is 0.692. The number of fused-ring (bicyclic) bond motifs is 1. The second-order valence-electron chi connectivity index (χ2n) is 10.7. The van der Waals surface area contributed by atoms with Gasteiger partial charge in [0.05, 0.1) is 16.5 Å². The molecule has 0 spiro atoms. The van der Waals surface area contributed by atoms with Crippen molar-refractivity contribution < 1.29 is 22.7 Å². The van der Waals surface area contributed by atoms with Crippen LogP contribution in [0.5, 0.6) is 5.75 Å². The summed E-state index contributed by atoms with van der Waals surface area (Å²) < 4.78 is 34.4. The molecule has 10 heteroatoms. The lowest BCUT2D eigenvalue weighted by Crippen LogP contribution is -2.55. The molecule has 1 aromatic rings. The number of hydrogen-bond acceptors (Lipinski definition) is 6. The number of amides is 2. The number of anilines is 1. The van der Waals surface area contributed by atoms with E-state index in [0.717, 1.165) is 26.2 Å². The Hall–Kier alpha value is -2.17. The first-order chi connectivity index (χ1) is 17.2. The molecule has 1 N–H and O–H groups in total. The Balaban J connectivity index is 1.25. The number of rotatable bonds is 4. The van der Waals surface area contributed by atoms with Crippen LogP contribution in [0, 0.1) is 12.8 Å². The van der Waals surface area contributed by atoms with Gasteiger partial charge in [0.25, 0.3) is 5.91 Å². The average molecular weight is 519 g/mol. The van der Waals surface area contributed by atoms with Crippen molar-refractivity contribution in [3.63, 3.8) is 0 Å². The van der Waals surface area contributed by atoms with E-state index in [1.165, 1.54) is 42.5 Å². The zero-order chi connectivity index (χ0) is 25.4. The first-order valence-electron chi connectivity index (χ1n) is 13.4. The quantitative estimate of drug-likeness (QED) is 0.658. The molecule has 2 amide bonds. The molecule has 2 unspecified atom stereocenters. The molecule has 3 heterocycles. The number of piperazine rings is 1. The highest BCUT2D eigenvalue weighted by Crippen LogP contribution is 2.36. The smallest absolute Gasteiger partial charge is 0.265 e. The van der Waals surface area contributed by atoms with Gasteiger partial charge in [-0.3, -0.25) is 14.5 Å². The Kier molecular flexibility index (Phi) is 7.29. The molecular formula is C26H38N4O5S. The molecular weight excluding hydrogens is 480 g/mol. The third kappa shape index (κ3) is 4.99. The first-order valence-corrected chi connectivity index (χ1v) is 14.8. The van der Waals surface area contributed by atoms with Crippen molar-refractivity contribution in [3.8, 4) is 5.75 Å². The minimum atomic E-state index is -3.82. The lowest BCUT2D eigenvalue weighted by atomic mass is 9.93. The molecule has 4 aliphatic rings. The van der Waals surface area contributed by atoms with Crippen molar-refractivity contribution in [3.05, 3.63) is 17.7 Å². The predicted octanol–water partition coefficient (Wildman–Crippen LogP) is 2.59. The van der Waals surface area contributed by atoms with Gasteiger partial charge >= 0.3 is 0 Å². The Labute approximate surface area is 214 Å². The van der Waals surface area contributed by atoms with E-state index in [1.807, 2.05) is 4.90 Å². The Bertz CT molecular complexity index is 1110. The standard InChI is InChI=1S/C26H38N4O5S/c1-18-15-22-23(35-19(2)25(31)27-22)16-24(18)36(33,34)30-10-6-7-20(17-30)26(32)29-13-11-28(12-14-29)21-8-4-3-5-9-21/h15-16,19-21H,3-14,17H2,1-2H3,(H,27,31). The maximum atomic E-state index is 13.7. The van der Waals surface area contributed by atoms with E-state index < -0.39 is 16.1 Å². The SMILES string of the molecule is Cc1cc2c(cc1S(=O)(=O)N1CCCC(C(=O)N3CCN(C4CCCCC4)CC3)C1)OC(C)C(=O)N2. The van der Waals surface area contributed by atoms with Gasteiger partial charge in [0, 0.05) is 51.4 Å². The van der Waals surface area contributed by atoms with Gasteiger partial charge in [-0.1, -0.05) is 19.3 Å². The average Bonchev–Trinajstić information content (AvgIpc) is 2.89. The molecule has 2 atom stereocenters. The molecule has 2 saturated heterocycles.